The molecule has 4 rings (SSSR count). The predicted octanol–water partition coefficient (Wildman–Crippen LogP) is 2.21. The Morgan fingerprint density at radius 3 is 2.26 bits per heavy atom. The van der Waals surface area contributed by atoms with E-state index in [-0.39, 0.29) is 5.91 Å². The lowest BCUT2D eigenvalue weighted by molar-refractivity contribution is -0.671. The van der Waals surface area contributed by atoms with Crippen molar-refractivity contribution >= 4 is 52.8 Å². The molecule has 0 saturated carbocycles. The molecule has 0 atom stereocenters. The van der Waals surface area contributed by atoms with Crippen LogP contribution in [0.1, 0.15) is 18.4 Å². The number of nitrogens with one attached hydrogen (secondary N) is 1. The largest absolute Gasteiger partial charge is 0.554 e. The maximum atomic E-state index is 11.9. The van der Waals surface area contributed by atoms with Gasteiger partial charge in [0.1, 0.15) is 12.5 Å². The Labute approximate surface area is 265 Å². The number of carbonyl (C=O) groups is 3. The number of halogens is 6. The first-order valence-corrected chi connectivity index (χ1v) is 14.2. The summed E-state index contributed by atoms with van der Waals surface area (Å²) >= 11 is 1.80. The van der Waals surface area contributed by atoms with Gasteiger partial charge < -0.3 is 35.8 Å². The van der Waals surface area contributed by atoms with Crippen molar-refractivity contribution in [1.82, 2.24) is 5.32 Å². The molecule has 4 N–H and O–H groups in total. The lowest BCUT2D eigenvalue weighted by atomic mass is 10.1. The number of thioether (sulfide) groups is 1. The van der Waals surface area contributed by atoms with Gasteiger partial charge in [-0.3, -0.25) is 4.79 Å². The van der Waals surface area contributed by atoms with Gasteiger partial charge in [-0.25, -0.2) is 0 Å². The van der Waals surface area contributed by atoms with Crippen molar-refractivity contribution in [3.63, 3.8) is 0 Å². The van der Waals surface area contributed by atoms with Crippen molar-refractivity contribution in [3.05, 3.63) is 83.5 Å². The molecule has 3 aromatic rings. The average molecular weight is 675 g/mol. The van der Waals surface area contributed by atoms with Gasteiger partial charge >= 0.3 is 12.9 Å². The summed E-state index contributed by atoms with van der Waals surface area (Å²) in [6, 6.07) is 19.1. The highest BCUT2D eigenvalue weighted by molar-refractivity contribution is 8.03. The molecule has 9 nitrogen and oxygen atoms in total. The Kier molecular flexibility index (Phi) is 17.5. The third-order valence-electron chi connectivity index (χ3n) is 5.78. The first-order valence-electron chi connectivity index (χ1n) is 13.4. The third-order valence-corrected chi connectivity index (χ3v) is 6.96. The van der Waals surface area contributed by atoms with Gasteiger partial charge in [0.25, 0.3) is 0 Å². The minimum atomic E-state index is -5.19. The zero-order valence-corrected chi connectivity index (χ0v) is 25.3. The number of aryl methyl sites for hydroxylation is 1. The number of aromatic nitrogens is 1. The summed E-state index contributed by atoms with van der Waals surface area (Å²) in [7, 11) is 2.11. The van der Waals surface area contributed by atoms with E-state index in [1.807, 2.05) is 0 Å². The number of aliphatic carboxylic acids is 1. The van der Waals surface area contributed by atoms with Crippen LogP contribution in [-0.2, 0) is 20.9 Å². The smallest absolute Gasteiger partial charge is 0.430 e. The standard InChI is InChI=1S/C26H28N4OS.C2HF3O2.CHF3.CH2O2/c1-29-23-11-4-5-12-24(23)32-26(29)14-6-8-20-15-19-30(22-10-3-2-9-21(20)22)18-7-13-25(31)28-17-16-27;3-2(4,5)1(6)7;2-1(3)4;2-1-3/h2-6,8-12,14-15,19H,7,13,16-18,27H2,1H3;(H,6,7);1H;1H,(H,2,3). The summed E-state index contributed by atoms with van der Waals surface area (Å²) in [5, 5.41) is 22.4. The Morgan fingerprint density at radius 2 is 1.67 bits per heavy atom. The number of rotatable bonds is 8. The fourth-order valence-electron chi connectivity index (χ4n) is 3.88. The van der Waals surface area contributed by atoms with Crippen molar-refractivity contribution in [3.8, 4) is 0 Å². The van der Waals surface area contributed by atoms with Crippen molar-refractivity contribution < 1.29 is 61.2 Å². The van der Waals surface area contributed by atoms with Crippen LogP contribution in [0.25, 0.3) is 17.0 Å². The van der Waals surface area contributed by atoms with E-state index in [1.54, 1.807) is 11.8 Å². The number of quaternary nitrogens is 1. The number of hydrogen-bond acceptors (Lipinski definition) is 7. The molecule has 0 fully saturated rings. The summed E-state index contributed by atoms with van der Waals surface area (Å²) < 4.78 is 62.8. The first-order chi connectivity index (χ1) is 21.8. The second-order valence-electron chi connectivity index (χ2n) is 8.91. The highest BCUT2D eigenvalue weighted by atomic mass is 32.2. The predicted molar refractivity (Wildman–Crippen MR) is 156 cm³/mol. The molecule has 2 heterocycles. The number of alkyl halides is 6. The maximum absolute atomic E-state index is 11.9. The second kappa shape index (κ2) is 20.5. The number of pyridine rings is 1. The Hall–Kier alpha value is -4.57. The number of amides is 1. The summed E-state index contributed by atoms with van der Waals surface area (Å²) in [6.45, 7) is -1.99. The maximum Gasteiger partial charge on any atom is 0.430 e. The molecule has 0 unspecified atom stereocenters. The van der Waals surface area contributed by atoms with Crippen LogP contribution in [0.2, 0.25) is 0 Å². The molecule has 2 aromatic carbocycles. The fourth-order valence-corrected chi connectivity index (χ4v) is 4.94. The summed E-state index contributed by atoms with van der Waals surface area (Å²) in [5.41, 5.74) is 7.37. The van der Waals surface area contributed by atoms with E-state index in [9.17, 15) is 31.1 Å². The van der Waals surface area contributed by atoms with Crippen LogP contribution in [0, 0.1) is 0 Å². The van der Waals surface area contributed by atoms with Gasteiger partial charge in [-0.05, 0) is 29.8 Å². The molecule has 0 radical (unpaired) electrons. The number of para-hydroxylation sites is 2. The van der Waals surface area contributed by atoms with Crippen molar-refractivity contribution in [2.24, 2.45) is 0 Å². The first kappa shape index (κ1) is 39.5. The van der Waals surface area contributed by atoms with E-state index in [0.717, 1.165) is 19.5 Å². The number of carbonyl (C=O) groups excluding carboxylic acids is 3. The van der Waals surface area contributed by atoms with Crippen LogP contribution < -0.4 is 30.7 Å². The van der Waals surface area contributed by atoms with Gasteiger partial charge in [0.2, 0.25) is 11.4 Å². The van der Waals surface area contributed by atoms with Gasteiger partial charge in [-0.1, -0.05) is 48.2 Å². The Morgan fingerprint density at radius 1 is 1.09 bits per heavy atom. The number of benzene rings is 2. The quantitative estimate of drug-likeness (QED) is 0.212. The van der Waals surface area contributed by atoms with Crippen LogP contribution in [0.3, 0.4) is 0 Å². The van der Waals surface area contributed by atoms with E-state index in [4.69, 9.17) is 19.8 Å². The molecule has 0 aliphatic carbocycles. The zero-order valence-electron chi connectivity index (χ0n) is 24.5. The molecule has 1 aromatic heterocycles. The van der Waals surface area contributed by atoms with Gasteiger partial charge in [-0.15, -0.1) is 0 Å². The lowest BCUT2D eigenvalue weighted by Crippen LogP contribution is -2.54. The topological polar surface area (TPSA) is 144 Å². The molecule has 16 heteroatoms. The fraction of sp³-hybridized carbons (Fsp3) is 0.267. The number of anilines is 1. The molecule has 1 aliphatic rings. The normalized spacial score (nSPS) is 12.8. The van der Waals surface area contributed by atoms with Crippen LogP contribution in [-0.4, -0.2) is 51.3 Å². The Balaban J connectivity index is 0.000000638. The van der Waals surface area contributed by atoms with E-state index in [2.05, 4.69) is 107 Å². The van der Waals surface area contributed by atoms with Crippen LogP contribution in [0.5, 0.6) is 0 Å². The monoisotopic (exact) mass is 674 g/mol. The minimum absolute atomic E-state index is 0.100. The van der Waals surface area contributed by atoms with E-state index in [1.165, 1.54) is 32.1 Å². The number of carboxylic acids is 1. The molecule has 250 valence electrons. The number of allylic oxidation sites excluding steroid dienone is 2. The van der Waals surface area contributed by atoms with Crippen LogP contribution in [0.4, 0.5) is 32.0 Å². The second-order valence-corrected chi connectivity index (χ2v) is 9.97. The summed E-state index contributed by atoms with van der Waals surface area (Å²) in [5.74, 6) is -2.91. The molecular weight excluding hydrogens is 642 g/mol. The molecule has 1 amide bonds. The summed E-state index contributed by atoms with van der Waals surface area (Å²) in [6.07, 6.45) is 4.74. The van der Waals surface area contributed by atoms with E-state index < -0.39 is 25.3 Å². The summed E-state index contributed by atoms with van der Waals surface area (Å²) in [4.78, 5) is 32.4. The number of hydrogen-bond donors (Lipinski definition) is 2. The van der Waals surface area contributed by atoms with Gasteiger partial charge in [0.15, 0.2) is 6.20 Å². The zero-order chi connectivity index (χ0) is 34.7. The van der Waals surface area contributed by atoms with E-state index >= 15 is 0 Å². The number of nitrogens with zero attached hydrogens (tertiary/aromatic N) is 2. The molecule has 1 aliphatic heterocycles. The lowest BCUT2D eigenvalue weighted by Gasteiger charge is -2.12. The number of carboxylic acid groups (broad SMARTS) is 2. The SMILES string of the molecule is CN1C(=CC=Cc2cc[n+](CCCC(=O)NCC[NH3+])c3ccccc23)Sc2ccccc21.FC(F)F.O=C([O-])C(F)(F)F.O=C[O-]. The van der Waals surface area contributed by atoms with E-state index in [0.29, 0.717) is 13.0 Å². The highest BCUT2D eigenvalue weighted by Gasteiger charge is 2.28. The van der Waals surface area contributed by atoms with Gasteiger partial charge in [0, 0.05) is 43.4 Å². The van der Waals surface area contributed by atoms with Crippen molar-refractivity contribution in [1.29, 1.82) is 0 Å². The van der Waals surface area contributed by atoms with Gasteiger partial charge in [-0.2, -0.15) is 30.9 Å². The average Bonchev–Trinajstić information content (AvgIpc) is 3.32. The van der Waals surface area contributed by atoms with Crippen molar-refractivity contribution in [2.45, 2.75) is 37.1 Å². The molecule has 0 spiro atoms. The number of fused-ring (bicyclic) bond motifs is 2. The molecular formula is C30H32F6N4O5S. The van der Waals surface area contributed by atoms with Crippen molar-refractivity contribution in [2.75, 3.05) is 25.0 Å². The molecule has 0 bridgehead atoms. The van der Waals surface area contributed by atoms with Crippen LogP contribution in [0.15, 0.2) is 82.9 Å². The van der Waals surface area contributed by atoms with Gasteiger partial charge in [0.05, 0.1) is 29.2 Å². The minimum Gasteiger partial charge on any atom is -0.554 e. The Bertz CT molecular complexity index is 1480. The molecule has 0 saturated heterocycles. The molecule has 46 heavy (non-hydrogen) atoms. The van der Waals surface area contributed by atoms with Crippen LogP contribution >= 0.6 is 11.8 Å². The highest BCUT2D eigenvalue weighted by Crippen LogP contribution is 2.44. The third kappa shape index (κ3) is 14.0.